The number of nitrogens with zero attached hydrogens (tertiary/aromatic N) is 1. The van der Waals surface area contributed by atoms with Crippen LogP contribution in [0.2, 0.25) is 0 Å². The number of carbonyl (C=O) groups is 1. The maximum Gasteiger partial charge on any atom is 0.223 e. The average Bonchev–Trinajstić information content (AvgIpc) is 3.33. The molecule has 0 bridgehead atoms. The SMILES string of the molecule is O=C(NCCCN1CCC(O)CC1)C1CC1c1c(F)cccc1F. The molecule has 1 aliphatic heterocycles. The zero-order valence-corrected chi connectivity index (χ0v) is 13.7. The van der Waals surface area contributed by atoms with E-state index in [1.807, 2.05) is 0 Å². The van der Waals surface area contributed by atoms with Gasteiger partial charge in [-0.05, 0) is 44.4 Å². The lowest BCUT2D eigenvalue weighted by Gasteiger charge is -2.29. The molecule has 2 atom stereocenters. The van der Waals surface area contributed by atoms with E-state index in [1.54, 1.807) is 0 Å². The van der Waals surface area contributed by atoms with Crippen LogP contribution in [0.25, 0.3) is 0 Å². The van der Waals surface area contributed by atoms with Crippen molar-refractivity contribution in [3.05, 3.63) is 35.4 Å². The number of aliphatic hydroxyl groups excluding tert-OH is 1. The van der Waals surface area contributed by atoms with E-state index in [1.165, 1.54) is 18.2 Å². The van der Waals surface area contributed by atoms with Gasteiger partial charge in [-0.1, -0.05) is 6.07 Å². The molecule has 1 saturated heterocycles. The Labute approximate surface area is 140 Å². The molecule has 1 aromatic carbocycles. The zero-order valence-electron chi connectivity index (χ0n) is 13.7. The zero-order chi connectivity index (χ0) is 17.1. The van der Waals surface area contributed by atoms with Crippen LogP contribution in [0.1, 0.15) is 37.2 Å². The molecule has 2 unspecified atom stereocenters. The fraction of sp³-hybridized carbons (Fsp3) is 0.611. The average molecular weight is 338 g/mol. The van der Waals surface area contributed by atoms with Crippen LogP contribution >= 0.6 is 0 Å². The van der Waals surface area contributed by atoms with Crippen molar-refractivity contribution in [3.8, 4) is 0 Å². The quantitative estimate of drug-likeness (QED) is 0.781. The van der Waals surface area contributed by atoms with E-state index in [-0.39, 0.29) is 29.4 Å². The number of nitrogens with one attached hydrogen (secondary N) is 1. The minimum atomic E-state index is -0.567. The van der Waals surface area contributed by atoms with Gasteiger partial charge in [0.2, 0.25) is 5.91 Å². The van der Waals surface area contributed by atoms with Crippen molar-refractivity contribution in [2.75, 3.05) is 26.2 Å². The van der Waals surface area contributed by atoms with E-state index in [2.05, 4.69) is 10.2 Å². The highest BCUT2D eigenvalue weighted by atomic mass is 19.1. The van der Waals surface area contributed by atoms with Crippen LogP contribution in [-0.4, -0.2) is 48.2 Å². The highest BCUT2D eigenvalue weighted by Crippen LogP contribution is 2.49. The molecule has 1 aromatic rings. The Morgan fingerprint density at radius 3 is 2.58 bits per heavy atom. The van der Waals surface area contributed by atoms with Crippen LogP contribution in [0.5, 0.6) is 0 Å². The van der Waals surface area contributed by atoms with Gasteiger partial charge in [0.15, 0.2) is 0 Å². The highest BCUT2D eigenvalue weighted by molar-refractivity contribution is 5.82. The summed E-state index contributed by atoms with van der Waals surface area (Å²) in [6.07, 6.45) is 2.79. The maximum atomic E-state index is 13.7. The van der Waals surface area contributed by atoms with Crippen LogP contribution in [0, 0.1) is 17.6 Å². The van der Waals surface area contributed by atoms with Crippen LogP contribution in [0.4, 0.5) is 8.78 Å². The Bertz CT molecular complexity index is 568. The van der Waals surface area contributed by atoms with Crippen molar-refractivity contribution >= 4 is 5.91 Å². The number of carbonyl (C=O) groups excluding carboxylic acids is 1. The van der Waals surface area contributed by atoms with Gasteiger partial charge >= 0.3 is 0 Å². The first-order valence-corrected chi connectivity index (χ1v) is 8.68. The fourth-order valence-corrected chi connectivity index (χ4v) is 3.46. The number of hydrogen-bond acceptors (Lipinski definition) is 3. The summed E-state index contributed by atoms with van der Waals surface area (Å²) in [5, 5.41) is 12.3. The van der Waals surface area contributed by atoms with Gasteiger partial charge in [-0.25, -0.2) is 8.78 Å². The molecule has 2 N–H and O–H groups in total. The Hall–Kier alpha value is -1.53. The van der Waals surface area contributed by atoms with Crippen LogP contribution in [0.15, 0.2) is 18.2 Å². The molecule has 1 aliphatic carbocycles. The first-order chi connectivity index (χ1) is 11.6. The van der Waals surface area contributed by atoms with E-state index >= 15 is 0 Å². The molecule has 4 nitrogen and oxygen atoms in total. The predicted molar refractivity (Wildman–Crippen MR) is 86.5 cm³/mol. The molecule has 2 fully saturated rings. The monoisotopic (exact) mass is 338 g/mol. The lowest BCUT2D eigenvalue weighted by atomic mass is 10.1. The van der Waals surface area contributed by atoms with Crippen molar-refractivity contribution in [1.29, 1.82) is 0 Å². The van der Waals surface area contributed by atoms with E-state index < -0.39 is 11.6 Å². The molecule has 6 heteroatoms. The lowest BCUT2D eigenvalue weighted by Crippen LogP contribution is -2.37. The van der Waals surface area contributed by atoms with Crippen molar-refractivity contribution in [1.82, 2.24) is 10.2 Å². The molecule has 1 saturated carbocycles. The Balaban J connectivity index is 1.38. The van der Waals surface area contributed by atoms with E-state index in [9.17, 15) is 18.7 Å². The lowest BCUT2D eigenvalue weighted by molar-refractivity contribution is -0.122. The van der Waals surface area contributed by atoms with Crippen molar-refractivity contribution in [2.24, 2.45) is 5.92 Å². The number of likely N-dealkylation sites (tertiary alicyclic amines) is 1. The second-order valence-electron chi connectivity index (χ2n) is 6.80. The number of amides is 1. The molecule has 0 spiro atoms. The maximum absolute atomic E-state index is 13.7. The third-order valence-electron chi connectivity index (χ3n) is 5.01. The van der Waals surface area contributed by atoms with Gasteiger partial charge in [-0.3, -0.25) is 4.79 Å². The topological polar surface area (TPSA) is 52.6 Å². The van der Waals surface area contributed by atoms with Crippen molar-refractivity contribution in [3.63, 3.8) is 0 Å². The molecule has 3 rings (SSSR count). The van der Waals surface area contributed by atoms with Crippen molar-refractivity contribution < 1.29 is 18.7 Å². The first-order valence-electron chi connectivity index (χ1n) is 8.68. The summed E-state index contributed by atoms with van der Waals surface area (Å²) in [4.78, 5) is 14.4. The Kier molecular flexibility index (Phi) is 5.46. The van der Waals surface area contributed by atoms with Crippen LogP contribution in [0.3, 0.4) is 0 Å². The summed E-state index contributed by atoms with van der Waals surface area (Å²) in [6, 6.07) is 3.81. The first kappa shape index (κ1) is 17.3. The minimum Gasteiger partial charge on any atom is -0.393 e. The highest BCUT2D eigenvalue weighted by Gasteiger charge is 2.46. The third-order valence-corrected chi connectivity index (χ3v) is 5.01. The third kappa shape index (κ3) is 4.11. The molecule has 24 heavy (non-hydrogen) atoms. The molecule has 1 amide bonds. The molecular weight excluding hydrogens is 314 g/mol. The summed E-state index contributed by atoms with van der Waals surface area (Å²) < 4.78 is 27.4. The normalized spacial score (nSPS) is 24.8. The standard InChI is InChI=1S/C18H24F2N2O2/c19-15-3-1-4-16(20)17(15)13-11-14(13)18(24)21-7-2-8-22-9-5-12(23)6-10-22/h1,3-4,12-14,23H,2,5-11H2,(H,21,24). The number of benzene rings is 1. The number of hydrogen-bond donors (Lipinski definition) is 2. The molecule has 0 aromatic heterocycles. The van der Waals surface area contributed by atoms with Gasteiger partial charge < -0.3 is 15.3 Å². The second kappa shape index (κ2) is 7.57. The molecule has 1 heterocycles. The van der Waals surface area contributed by atoms with Crippen LogP contribution < -0.4 is 5.32 Å². The van der Waals surface area contributed by atoms with Gasteiger partial charge in [0.25, 0.3) is 0 Å². The fourth-order valence-electron chi connectivity index (χ4n) is 3.46. The van der Waals surface area contributed by atoms with E-state index in [0.717, 1.165) is 38.9 Å². The second-order valence-corrected chi connectivity index (χ2v) is 6.80. The smallest absolute Gasteiger partial charge is 0.223 e. The predicted octanol–water partition coefficient (Wildman–Crippen LogP) is 2.03. The number of aliphatic hydroxyl groups is 1. The minimum absolute atomic E-state index is 0.0459. The Morgan fingerprint density at radius 2 is 1.92 bits per heavy atom. The summed E-state index contributed by atoms with van der Waals surface area (Å²) in [5.74, 6) is -1.90. The molecule has 0 radical (unpaired) electrons. The van der Waals surface area contributed by atoms with E-state index in [0.29, 0.717) is 13.0 Å². The van der Waals surface area contributed by atoms with Gasteiger partial charge in [-0.2, -0.15) is 0 Å². The number of rotatable bonds is 6. The summed E-state index contributed by atoms with van der Waals surface area (Å²) in [7, 11) is 0. The van der Waals surface area contributed by atoms with E-state index in [4.69, 9.17) is 0 Å². The van der Waals surface area contributed by atoms with Crippen molar-refractivity contribution in [2.45, 2.75) is 37.7 Å². The summed E-state index contributed by atoms with van der Waals surface area (Å²) in [6.45, 7) is 3.25. The van der Waals surface area contributed by atoms with Crippen LogP contribution in [-0.2, 0) is 4.79 Å². The molecule has 2 aliphatic rings. The Morgan fingerprint density at radius 1 is 1.25 bits per heavy atom. The number of piperidine rings is 1. The van der Waals surface area contributed by atoms with Gasteiger partial charge in [0.1, 0.15) is 11.6 Å². The summed E-state index contributed by atoms with van der Waals surface area (Å²) in [5.41, 5.74) is 0.0459. The molecule has 132 valence electrons. The van der Waals surface area contributed by atoms with Gasteiger partial charge in [-0.15, -0.1) is 0 Å². The largest absolute Gasteiger partial charge is 0.393 e. The number of halogens is 2. The van der Waals surface area contributed by atoms with Gasteiger partial charge in [0, 0.05) is 37.0 Å². The summed E-state index contributed by atoms with van der Waals surface area (Å²) >= 11 is 0. The molecular formula is C18H24F2N2O2. The van der Waals surface area contributed by atoms with Gasteiger partial charge in [0.05, 0.1) is 6.10 Å².